The molecular weight excluding hydrogens is 464 g/mol. The van der Waals surface area contributed by atoms with Crippen LogP contribution in [0.5, 0.6) is 5.75 Å². The average molecular weight is 488 g/mol. The third-order valence-electron chi connectivity index (χ3n) is 3.10. The van der Waals surface area contributed by atoms with Crippen LogP contribution in [0.2, 0.25) is 0 Å². The Morgan fingerprint density at radius 2 is 1.88 bits per heavy atom. The van der Waals surface area contributed by atoms with Crippen LogP contribution < -0.4 is 15.4 Å². The Balaban J connectivity index is 0.00000625. The molecule has 1 rings (SSSR count). The van der Waals surface area contributed by atoms with Gasteiger partial charge in [0, 0.05) is 20.6 Å². The van der Waals surface area contributed by atoms with Gasteiger partial charge in [-0.1, -0.05) is 18.2 Å². The standard InChI is InChI=1S/C16H23F3N4O2.HI/c1-20-15(22-11-14(24)23(2)12-16(17,18)19)21-9-6-10-25-13-7-4-3-5-8-13;/h3-5,7-8H,6,9-12H2,1-2H3,(H2,20,21,22);1H. The van der Waals surface area contributed by atoms with E-state index in [0.717, 1.165) is 12.8 Å². The van der Waals surface area contributed by atoms with Crippen LogP contribution in [0.3, 0.4) is 0 Å². The molecule has 1 amide bonds. The van der Waals surface area contributed by atoms with Gasteiger partial charge in [0.05, 0.1) is 13.2 Å². The predicted octanol–water partition coefficient (Wildman–Crippen LogP) is 2.26. The van der Waals surface area contributed by atoms with E-state index in [2.05, 4.69) is 15.6 Å². The molecule has 0 atom stereocenters. The lowest BCUT2D eigenvalue weighted by molar-refractivity contribution is -0.157. The number of benzene rings is 1. The molecule has 0 aliphatic heterocycles. The highest BCUT2D eigenvalue weighted by Crippen LogP contribution is 2.15. The minimum Gasteiger partial charge on any atom is -0.494 e. The van der Waals surface area contributed by atoms with Crippen LogP contribution in [-0.2, 0) is 4.79 Å². The molecule has 0 radical (unpaired) electrons. The molecule has 6 nitrogen and oxygen atoms in total. The zero-order valence-electron chi connectivity index (χ0n) is 14.7. The van der Waals surface area contributed by atoms with Crippen molar-refractivity contribution in [2.24, 2.45) is 4.99 Å². The molecule has 0 saturated carbocycles. The van der Waals surface area contributed by atoms with E-state index in [1.807, 2.05) is 30.3 Å². The van der Waals surface area contributed by atoms with E-state index >= 15 is 0 Å². The molecule has 0 bridgehead atoms. The van der Waals surface area contributed by atoms with Crippen molar-refractivity contribution in [1.82, 2.24) is 15.5 Å². The van der Waals surface area contributed by atoms with Crippen LogP contribution in [0.4, 0.5) is 13.2 Å². The SMILES string of the molecule is CN=C(NCCCOc1ccccc1)NCC(=O)N(C)CC(F)(F)F.I. The summed E-state index contributed by atoms with van der Waals surface area (Å²) in [5, 5.41) is 5.65. The van der Waals surface area contributed by atoms with E-state index in [1.54, 1.807) is 0 Å². The van der Waals surface area contributed by atoms with Crippen molar-refractivity contribution in [2.75, 3.05) is 40.3 Å². The molecule has 2 N–H and O–H groups in total. The predicted molar refractivity (Wildman–Crippen MR) is 105 cm³/mol. The second-order valence-corrected chi connectivity index (χ2v) is 5.23. The number of rotatable bonds is 8. The van der Waals surface area contributed by atoms with Crippen molar-refractivity contribution in [1.29, 1.82) is 0 Å². The van der Waals surface area contributed by atoms with Crippen LogP contribution in [0.15, 0.2) is 35.3 Å². The summed E-state index contributed by atoms with van der Waals surface area (Å²) in [4.78, 5) is 16.2. The van der Waals surface area contributed by atoms with E-state index in [0.29, 0.717) is 30.4 Å². The average Bonchev–Trinajstić information content (AvgIpc) is 2.56. The first-order chi connectivity index (χ1) is 11.8. The first-order valence-electron chi connectivity index (χ1n) is 7.75. The Hall–Kier alpha value is -1.72. The summed E-state index contributed by atoms with van der Waals surface area (Å²) in [5.41, 5.74) is 0. The number of amides is 1. The van der Waals surface area contributed by atoms with Gasteiger partial charge in [-0.25, -0.2) is 0 Å². The topological polar surface area (TPSA) is 66.0 Å². The normalized spacial score (nSPS) is 11.3. The summed E-state index contributed by atoms with van der Waals surface area (Å²) >= 11 is 0. The van der Waals surface area contributed by atoms with Gasteiger partial charge in [0.2, 0.25) is 5.91 Å². The maximum atomic E-state index is 12.2. The molecular formula is C16H24F3IN4O2. The van der Waals surface area contributed by atoms with E-state index in [-0.39, 0.29) is 30.5 Å². The number of guanidine groups is 1. The Labute approximate surface area is 168 Å². The van der Waals surface area contributed by atoms with Crippen LogP contribution in [-0.4, -0.2) is 63.3 Å². The van der Waals surface area contributed by atoms with Gasteiger partial charge in [-0.3, -0.25) is 9.79 Å². The van der Waals surface area contributed by atoms with E-state index in [4.69, 9.17) is 4.74 Å². The number of ether oxygens (including phenoxy) is 1. The Morgan fingerprint density at radius 3 is 2.46 bits per heavy atom. The van der Waals surface area contributed by atoms with Crippen molar-refractivity contribution in [3.63, 3.8) is 0 Å². The summed E-state index contributed by atoms with van der Waals surface area (Å²) in [6.07, 6.45) is -3.72. The maximum absolute atomic E-state index is 12.2. The third kappa shape index (κ3) is 11.0. The van der Waals surface area contributed by atoms with Gasteiger partial charge >= 0.3 is 6.18 Å². The number of carbonyl (C=O) groups is 1. The van der Waals surface area contributed by atoms with Gasteiger partial charge in [-0.05, 0) is 18.6 Å². The van der Waals surface area contributed by atoms with Crippen molar-refractivity contribution in [3.8, 4) is 5.75 Å². The summed E-state index contributed by atoms with van der Waals surface area (Å²) in [6.45, 7) is -0.510. The van der Waals surface area contributed by atoms with Gasteiger partial charge in [-0.15, -0.1) is 24.0 Å². The molecule has 0 aliphatic carbocycles. The fourth-order valence-electron chi connectivity index (χ4n) is 1.86. The molecule has 0 aromatic heterocycles. The molecule has 0 spiro atoms. The molecule has 0 aliphatic rings. The lowest BCUT2D eigenvalue weighted by Crippen LogP contribution is -2.45. The first-order valence-corrected chi connectivity index (χ1v) is 7.75. The summed E-state index contributed by atoms with van der Waals surface area (Å²) < 4.78 is 42.2. The Kier molecular flexibility index (Phi) is 11.8. The Morgan fingerprint density at radius 1 is 1.23 bits per heavy atom. The second kappa shape index (κ2) is 12.6. The Bertz CT molecular complexity index is 556. The first kappa shape index (κ1) is 24.3. The molecule has 0 fully saturated rings. The van der Waals surface area contributed by atoms with Gasteiger partial charge < -0.3 is 20.3 Å². The van der Waals surface area contributed by atoms with Crippen molar-refractivity contribution >= 4 is 35.8 Å². The molecule has 0 unspecified atom stereocenters. The smallest absolute Gasteiger partial charge is 0.406 e. The fourth-order valence-corrected chi connectivity index (χ4v) is 1.86. The van der Waals surface area contributed by atoms with Gasteiger partial charge in [0.25, 0.3) is 0 Å². The lowest BCUT2D eigenvalue weighted by atomic mass is 10.3. The van der Waals surface area contributed by atoms with Gasteiger partial charge in [0.1, 0.15) is 12.3 Å². The number of halogens is 4. The number of carbonyl (C=O) groups excluding carboxylic acids is 1. The zero-order chi connectivity index (χ0) is 18.7. The van der Waals surface area contributed by atoms with Crippen LogP contribution >= 0.6 is 24.0 Å². The molecule has 1 aromatic rings. The van der Waals surface area contributed by atoms with Crippen molar-refractivity contribution < 1.29 is 22.7 Å². The van der Waals surface area contributed by atoms with Crippen molar-refractivity contribution in [2.45, 2.75) is 12.6 Å². The summed E-state index contributed by atoms with van der Waals surface area (Å²) in [7, 11) is 2.62. The fraction of sp³-hybridized carbons (Fsp3) is 0.500. The molecule has 0 saturated heterocycles. The van der Waals surface area contributed by atoms with E-state index < -0.39 is 18.6 Å². The second-order valence-electron chi connectivity index (χ2n) is 5.23. The molecule has 10 heteroatoms. The molecule has 1 aromatic carbocycles. The number of hydrogen-bond acceptors (Lipinski definition) is 3. The number of nitrogens with zero attached hydrogens (tertiary/aromatic N) is 2. The number of likely N-dealkylation sites (N-methyl/N-ethyl adjacent to an activating group) is 1. The number of para-hydroxylation sites is 1. The highest BCUT2D eigenvalue weighted by Gasteiger charge is 2.31. The highest BCUT2D eigenvalue weighted by molar-refractivity contribution is 14.0. The number of hydrogen-bond donors (Lipinski definition) is 2. The zero-order valence-corrected chi connectivity index (χ0v) is 17.0. The van der Waals surface area contributed by atoms with Crippen LogP contribution in [0.25, 0.3) is 0 Å². The quantitative estimate of drug-likeness (QED) is 0.255. The highest BCUT2D eigenvalue weighted by atomic mass is 127. The monoisotopic (exact) mass is 488 g/mol. The van der Waals surface area contributed by atoms with Crippen LogP contribution in [0, 0.1) is 0 Å². The summed E-state index contributed by atoms with van der Waals surface area (Å²) in [6, 6.07) is 9.38. The number of aliphatic imine (C=N–C) groups is 1. The molecule has 26 heavy (non-hydrogen) atoms. The number of nitrogens with one attached hydrogen (secondary N) is 2. The summed E-state index contributed by atoms with van der Waals surface area (Å²) in [5.74, 6) is 0.449. The van der Waals surface area contributed by atoms with E-state index in [9.17, 15) is 18.0 Å². The largest absolute Gasteiger partial charge is 0.494 e. The van der Waals surface area contributed by atoms with E-state index in [1.165, 1.54) is 7.05 Å². The third-order valence-corrected chi connectivity index (χ3v) is 3.10. The lowest BCUT2D eigenvalue weighted by Gasteiger charge is -2.20. The molecule has 148 valence electrons. The maximum Gasteiger partial charge on any atom is 0.406 e. The minimum absolute atomic E-state index is 0. The number of alkyl halides is 3. The van der Waals surface area contributed by atoms with Crippen LogP contribution in [0.1, 0.15) is 6.42 Å². The molecule has 0 heterocycles. The van der Waals surface area contributed by atoms with Gasteiger partial charge in [0.15, 0.2) is 5.96 Å². The minimum atomic E-state index is -4.41. The van der Waals surface area contributed by atoms with Gasteiger partial charge in [-0.2, -0.15) is 13.2 Å². The van der Waals surface area contributed by atoms with Crippen molar-refractivity contribution in [3.05, 3.63) is 30.3 Å².